The van der Waals surface area contributed by atoms with Crippen molar-refractivity contribution < 1.29 is 8.78 Å². The third-order valence-corrected chi connectivity index (χ3v) is 3.25. The molecule has 0 bridgehead atoms. The van der Waals surface area contributed by atoms with Crippen molar-refractivity contribution in [3.8, 4) is 0 Å². The average Bonchev–Trinajstić information content (AvgIpc) is 2.33. The Hall–Kier alpha value is -0.960. The molecule has 0 radical (unpaired) electrons. The molecule has 0 amide bonds. The molecular formula is C16H25F2N. The van der Waals surface area contributed by atoms with Crippen molar-refractivity contribution in [2.45, 2.75) is 58.9 Å². The molecule has 0 saturated heterocycles. The van der Waals surface area contributed by atoms with E-state index in [1.54, 1.807) is 6.92 Å². The van der Waals surface area contributed by atoms with E-state index in [4.69, 9.17) is 0 Å². The molecule has 0 aromatic heterocycles. The number of nitrogens with one attached hydrogen (secondary N) is 1. The van der Waals surface area contributed by atoms with Gasteiger partial charge in [0.25, 0.3) is 0 Å². The van der Waals surface area contributed by atoms with E-state index >= 15 is 0 Å². The molecule has 0 spiro atoms. The van der Waals surface area contributed by atoms with Crippen LogP contribution in [0.5, 0.6) is 0 Å². The van der Waals surface area contributed by atoms with E-state index in [9.17, 15) is 8.78 Å². The molecule has 0 aliphatic carbocycles. The Bertz CT molecular complexity index is 389. The quantitative estimate of drug-likeness (QED) is 0.691. The van der Waals surface area contributed by atoms with Crippen LogP contribution < -0.4 is 5.32 Å². The molecule has 0 aliphatic heterocycles. The summed E-state index contributed by atoms with van der Waals surface area (Å²) in [6, 6.07) is 3.16. The summed E-state index contributed by atoms with van der Waals surface area (Å²) in [5.74, 6) is -0.585. The second kappa shape index (κ2) is 8.26. The van der Waals surface area contributed by atoms with Crippen molar-refractivity contribution >= 4 is 0 Å². The summed E-state index contributed by atoms with van der Waals surface area (Å²) in [7, 11) is 0. The summed E-state index contributed by atoms with van der Waals surface area (Å²) in [5, 5.41) is 3.37. The largest absolute Gasteiger partial charge is 0.315 e. The fourth-order valence-electron chi connectivity index (χ4n) is 2.06. The maximum atomic E-state index is 13.6. The molecule has 1 rings (SSSR count). The van der Waals surface area contributed by atoms with Gasteiger partial charge in [-0.3, -0.25) is 0 Å². The van der Waals surface area contributed by atoms with Crippen LogP contribution in [0, 0.1) is 18.6 Å². The van der Waals surface area contributed by atoms with Crippen LogP contribution in [0.25, 0.3) is 0 Å². The lowest BCUT2D eigenvalue weighted by Crippen LogP contribution is -2.23. The Morgan fingerprint density at radius 2 is 1.68 bits per heavy atom. The highest BCUT2D eigenvalue weighted by molar-refractivity contribution is 5.25. The van der Waals surface area contributed by atoms with Gasteiger partial charge in [0.05, 0.1) is 0 Å². The smallest absolute Gasteiger partial charge is 0.126 e. The summed E-state index contributed by atoms with van der Waals surface area (Å²) in [5.41, 5.74) is 0.879. The van der Waals surface area contributed by atoms with Crippen LogP contribution in [0.3, 0.4) is 0 Å². The lowest BCUT2D eigenvalue weighted by atomic mass is 10.0. The Balaban J connectivity index is 2.21. The van der Waals surface area contributed by atoms with Crippen LogP contribution in [0.4, 0.5) is 8.78 Å². The van der Waals surface area contributed by atoms with Gasteiger partial charge in [-0.2, -0.15) is 0 Å². The van der Waals surface area contributed by atoms with Gasteiger partial charge >= 0.3 is 0 Å². The molecule has 1 aromatic carbocycles. The Morgan fingerprint density at radius 3 is 2.37 bits per heavy atom. The second-order valence-electron chi connectivity index (χ2n) is 5.47. The predicted octanol–water partition coefficient (Wildman–Crippen LogP) is 4.37. The number of aryl methyl sites for hydroxylation is 2. The summed E-state index contributed by atoms with van der Waals surface area (Å²) in [6.45, 7) is 6.89. The zero-order valence-electron chi connectivity index (χ0n) is 12.2. The third kappa shape index (κ3) is 6.15. The van der Waals surface area contributed by atoms with Crippen molar-refractivity contribution in [2.24, 2.45) is 0 Å². The Kier molecular flexibility index (Phi) is 7.00. The fourth-order valence-corrected chi connectivity index (χ4v) is 2.06. The SMILES string of the molecule is Cc1cc(F)c(CCCCCCNC(C)C)cc1F. The topological polar surface area (TPSA) is 12.0 Å². The van der Waals surface area contributed by atoms with Crippen LogP contribution >= 0.6 is 0 Å². The predicted molar refractivity (Wildman–Crippen MR) is 76.4 cm³/mol. The Morgan fingerprint density at radius 1 is 1.00 bits per heavy atom. The van der Waals surface area contributed by atoms with Crippen LogP contribution in [0.1, 0.15) is 50.7 Å². The van der Waals surface area contributed by atoms with Crippen LogP contribution in [0.2, 0.25) is 0 Å². The third-order valence-electron chi connectivity index (χ3n) is 3.25. The van der Waals surface area contributed by atoms with E-state index < -0.39 is 0 Å². The van der Waals surface area contributed by atoms with E-state index in [2.05, 4.69) is 19.2 Å². The molecule has 19 heavy (non-hydrogen) atoms. The average molecular weight is 269 g/mol. The van der Waals surface area contributed by atoms with Crippen molar-refractivity contribution in [3.05, 3.63) is 34.9 Å². The van der Waals surface area contributed by atoms with E-state index in [0.717, 1.165) is 32.2 Å². The zero-order chi connectivity index (χ0) is 14.3. The summed E-state index contributed by atoms with van der Waals surface area (Å²) >= 11 is 0. The first-order valence-electron chi connectivity index (χ1n) is 7.18. The molecule has 0 atom stereocenters. The zero-order valence-corrected chi connectivity index (χ0v) is 12.2. The number of hydrogen-bond acceptors (Lipinski definition) is 1. The molecule has 3 heteroatoms. The fraction of sp³-hybridized carbons (Fsp3) is 0.625. The molecule has 1 aromatic rings. The molecule has 0 fully saturated rings. The number of hydrogen-bond donors (Lipinski definition) is 1. The van der Waals surface area contributed by atoms with E-state index in [1.807, 2.05) is 0 Å². The number of rotatable bonds is 8. The van der Waals surface area contributed by atoms with Crippen LogP contribution in [-0.2, 0) is 6.42 Å². The first-order chi connectivity index (χ1) is 9.00. The number of halogens is 2. The number of benzene rings is 1. The second-order valence-corrected chi connectivity index (χ2v) is 5.47. The van der Waals surface area contributed by atoms with Gasteiger partial charge in [0.15, 0.2) is 0 Å². The minimum atomic E-state index is -0.308. The van der Waals surface area contributed by atoms with Gasteiger partial charge in [0.1, 0.15) is 11.6 Å². The van der Waals surface area contributed by atoms with Crippen molar-refractivity contribution in [1.29, 1.82) is 0 Å². The molecule has 0 unspecified atom stereocenters. The Labute approximate surface area is 115 Å². The highest BCUT2D eigenvalue weighted by atomic mass is 19.1. The molecule has 108 valence electrons. The van der Waals surface area contributed by atoms with Crippen molar-refractivity contribution in [3.63, 3.8) is 0 Å². The summed E-state index contributed by atoms with van der Waals surface area (Å²) in [6.07, 6.45) is 4.88. The summed E-state index contributed by atoms with van der Waals surface area (Å²) < 4.78 is 26.9. The normalized spacial score (nSPS) is 11.3. The van der Waals surface area contributed by atoms with Crippen LogP contribution in [-0.4, -0.2) is 12.6 Å². The molecule has 1 N–H and O–H groups in total. The standard InChI is InChI=1S/C16H25F2N/c1-12(2)19-9-7-5-4-6-8-14-11-15(17)13(3)10-16(14)18/h10-12,19H,4-9H2,1-3H3. The summed E-state index contributed by atoms with van der Waals surface area (Å²) in [4.78, 5) is 0. The van der Waals surface area contributed by atoms with Crippen LogP contribution in [0.15, 0.2) is 12.1 Å². The molecule has 1 nitrogen and oxygen atoms in total. The van der Waals surface area contributed by atoms with Gasteiger partial charge in [-0.15, -0.1) is 0 Å². The van der Waals surface area contributed by atoms with Crippen molar-refractivity contribution in [2.75, 3.05) is 6.54 Å². The highest BCUT2D eigenvalue weighted by Crippen LogP contribution is 2.16. The van der Waals surface area contributed by atoms with E-state index in [1.165, 1.54) is 12.1 Å². The van der Waals surface area contributed by atoms with Gasteiger partial charge < -0.3 is 5.32 Å². The van der Waals surface area contributed by atoms with Gasteiger partial charge in [-0.05, 0) is 56.0 Å². The van der Waals surface area contributed by atoms with Gasteiger partial charge in [-0.25, -0.2) is 8.78 Å². The molecular weight excluding hydrogens is 244 g/mol. The molecule has 0 aliphatic rings. The van der Waals surface area contributed by atoms with Gasteiger partial charge in [-0.1, -0.05) is 26.7 Å². The van der Waals surface area contributed by atoms with E-state index in [-0.39, 0.29) is 11.6 Å². The monoisotopic (exact) mass is 269 g/mol. The minimum absolute atomic E-state index is 0.277. The first kappa shape index (κ1) is 16.1. The lowest BCUT2D eigenvalue weighted by molar-refractivity contribution is 0.536. The molecule has 0 saturated carbocycles. The minimum Gasteiger partial charge on any atom is -0.315 e. The van der Waals surface area contributed by atoms with Crippen molar-refractivity contribution in [1.82, 2.24) is 5.32 Å². The van der Waals surface area contributed by atoms with Gasteiger partial charge in [0.2, 0.25) is 0 Å². The highest BCUT2D eigenvalue weighted by Gasteiger charge is 2.06. The first-order valence-corrected chi connectivity index (χ1v) is 7.18. The van der Waals surface area contributed by atoms with E-state index in [0.29, 0.717) is 23.6 Å². The maximum absolute atomic E-state index is 13.6. The maximum Gasteiger partial charge on any atom is 0.126 e. The number of unbranched alkanes of at least 4 members (excludes halogenated alkanes) is 3. The lowest BCUT2D eigenvalue weighted by Gasteiger charge is -2.08. The van der Waals surface area contributed by atoms with Gasteiger partial charge in [0, 0.05) is 6.04 Å². The molecule has 0 heterocycles.